The van der Waals surface area contributed by atoms with Gasteiger partial charge < -0.3 is 15.4 Å². The van der Waals surface area contributed by atoms with E-state index in [9.17, 15) is 9.18 Å². The largest absolute Gasteiger partial charge is 0.490 e. The van der Waals surface area contributed by atoms with E-state index in [2.05, 4.69) is 20.7 Å². The smallest absolute Gasteiger partial charge is 0.319 e. The first-order valence-electron chi connectivity index (χ1n) is 8.60. The lowest BCUT2D eigenvalue weighted by Gasteiger charge is -2.27. The average molecular weight is 367 g/mol. The molecule has 1 aromatic heterocycles. The lowest BCUT2D eigenvalue weighted by Crippen LogP contribution is -2.35. The molecular weight excluding hydrogens is 349 g/mol. The van der Waals surface area contributed by atoms with Crippen LogP contribution in [0.2, 0.25) is 0 Å². The van der Waals surface area contributed by atoms with Crippen molar-refractivity contribution in [3.05, 3.63) is 72.1 Å². The summed E-state index contributed by atoms with van der Waals surface area (Å²) in [6.45, 7) is 0.837. The number of carbonyl (C=O) groups is 1. The van der Waals surface area contributed by atoms with Crippen molar-refractivity contribution in [1.82, 2.24) is 20.1 Å². The van der Waals surface area contributed by atoms with Crippen LogP contribution in [-0.2, 0) is 6.54 Å². The number of nitrogens with one attached hydrogen (secondary N) is 2. The number of rotatable bonds is 4. The molecule has 0 spiro atoms. The predicted octanol–water partition coefficient (Wildman–Crippen LogP) is 3.11. The number of hydrogen-bond acceptors (Lipinski definition) is 4. The van der Waals surface area contributed by atoms with Crippen LogP contribution in [0.1, 0.15) is 23.6 Å². The molecule has 8 heteroatoms. The van der Waals surface area contributed by atoms with Gasteiger partial charge in [-0.15, -0.1) is 0 Å². The van der Waals surface area contributed by atoms with Gasteiger partial charge in [0.2, 0.25) is 0 Å². The second kappa shape index (κ2) is 7.45. The molecule has 1 atom stereocenters. The zero-order chi connectivity index (χ0) is 18.6. The topological polar surface area (TPSA) is 81.1 Å². The Kier molecular flexibility index (Phi) is 4.69. The Morgan fingerprint density at radius 3 is 3.00 bits per heavy atom. The van der Waals surface area contributed by atoms with Gasteiger partial charge in [0.15, 0.2) is 11.6 Å². The normalized spacial score (nSPS) is 15.5. The summed E-state index contributed by atoms with van der Waals surface area (Å²) < 4.78 is 21.0. The maximum Gasteiger partial charge on any atom is 0.319 e. The molecule has 1 aliphatic heterocycles. The van der Waals surface area contributed by atoms with Crippen LogP contribution in [0.25, 0.3) is 0 Å². The second-order valence-corrected chi connectivity index (χ2v) is 6.20. The van der Waals surface area contributed by atoms with Gasteiger partial charge in [-0.1, -0.05) is 30.3 Å². The van der Waals surface area contributed by atoms with Crippen LogP contribution in [0.4, 0.5) is 14.9 Å². The average Bonchev–Trinajstić information content (AvgIpc) is 3.17. The molecule has 0 radical (unpaired) electrons. The SMILES string of the molecule is O=C(Nc1ccccc1Cn1cncn1)N[C@H]1CCOc2c(F)cccc21. The van der Waals surface area contributed by atoms with Gasteiger partial charge in [-0.05, 0) is 17.7 Å². The number of nitrogens with zero attached hydrogens (tertiary/aromatic N) is 3. The number of urea groups is 1. The summed E-state index contributed by atoms with van der Waals surface area (Å²) in [6.07, 6.45) is 3.65. The van der Waals surface area contributed by atoms with E-state index < -0.39 is 5.82 Å². The number of hydrogen-bond donors (Lipinski definition) is 2. The van der Waals surface area contributed by atoms with Crippen LogP contribution in [-0.4, -0.2) is 27.4 Å². The third-order valence-electron chi connectivity index (χ3n) is 4.40. The highest BCUT2D eigenvalue weighted by molar-refractivity contribution is 5.90. The van der Waals surface area contributed by atoms with Crippen molar-refractivity contribution in [3.63, 3.8) is 0 Å². The number of benzene rings is 2. The number of amides is 2. The lowest BCUT2D eigenvalue weighted by molar-refractivity contribution is 0.227. The van der Waals surface area contributed by atoms with Crippen molar-refractivity contribution >= 4 is 11.7 Å². The fourth-order valence-corrected chi connectivity index (χ4v) is 3.12. The molecule has 138 valence electrons. The Morgan fingerprint density at radius 1 is 1.26 bits per heavy atom. The number of para-hydroxylation sites is 2. The van der Waals surface area contributed by atoms with Gasteiger partial charge in [0.25, 0.3) is 0 Å². The van der Waals surface area contributed by atoms with Gasteiger partial charge >= 0.3 is 6.03 Å². The van der Waals surface area contributed by atoms with Crippen molar-refractivity contribution in [1.29, 1.82) is 0 Å². The van der Waals surface area contributed by atoms with Crippen LogP contribution < -0.4 is 15.4 Å². The molecule has 7 nitrogen and oxygen atoms in total. The Balaban J connectivity index is 1.48. The fraction of sp³-hybridized carbons (Fsp3) is 0.211. The quantitative estimate of drug-likeness (QED) is 0.742. The Labute approximate surface area is 155 Å². The van der Waals surface area contributed by atoms with E-state index in [1.54, 1.807) is 23.1 Å². The third-order valence-corrected chi connectivity index (χ3v) is 4.40. The molecule has 0 saturated heterocycles. The number of ether oxygens (including phenoxy) is 1. The van der Waals surface area contributed by atoms with Gasteiger partial charge in [0.1, 0.15) is 12.7 Å². The van der Waals surface area contributed by atoms with E-state index in [0.717, 1.165) is 5.56 Å². The van der Waals surface area contributed by atoms with Crippen LogP contribution in [0.15, 0.2) is 55.1 Å². The summed E-state index contributed by atoms with van der Waals surface area (Å²) in [5.74, 6) is -0.210. The molecule has 2 aromatic carbocycles. The minimum Gasteiger partial charge on any atom is -0.490 e. The van der Waals surface area contributed by atoms with Crippen molar-refractivity contribution in [3.8, 4) is 5.75 Å². The highest BCUT2D eigenvalue weighted by atomic mass is 19.1. The summed E-state index contributed by atoms with van der Waals surface area (Å²) in [5, 5.41) is 9.86. The first-order chi connectivity index (χ1) is 13.2. The van der Waals surface area contributed by atoms with Crippen LogP contribution in [0, 0.1) is 5.82 Å². The zero-order valence-electron chi connectivity index (χ0n) is 14.4. The van der Waals surface area contributed by atoms with Gasteiger partial charge in [-0.2, -0.15) is 5.10 Å². The Morgan fingerprint density at radius 2 is 2.15 bits per heavy atom. The monoisotopic (exact) mass is 367 g/mol. The zero-order valence-corrected chi connectivity index (χ0v) is 14.4. The maximum absolute atomic E-state index is 13.9. The van der Waals surface area contributed by atoms with Crippen LogP contribution in [0.3, 0.4) is 0 Å². The van der Waals surface area contributed by atoms with E-state index in [4.69, 9.17) is 4.74 Å². The highest BCUT2D eigenvalue weighted by Gasteiger charge is 2.25. The maximum atomic E-state index is 13.9. The molecule has 0 bridgehead atoms. The van der Waals surface area contributed by atoms with Gasteiger partial charge in [-0.3, -0.25) is 0 Å². The van der Waals surface area contributed by atoms with Crippen LogP contribution >= 0.6 is 0 Å². The van der Waals surface area contributed by atoms with Crippen molar-refractivity contribution < 1.29 is 13.9 Å². The molecule has 2 amide bonds. The molecule has 0 saturated carbocycles. The summed E-state index contributed by atoms with van der Waals surface area (Å²) in [4.78, 5) is 16.5. The lowest BCUT2D eigenvalue weighted by atomic mass is 10.0. The molecule has 4 rings (SSSR count). The molecule has 2 N–H and O–H groups in total. The molecule has 0 fully saturated rings. The van der Waals surface area contributed by atoms with E-state index in [0.29, 0.717) is 30.8 Å². The van der Waals surface area contributed by atoms with E-state index in [1.807, 2.05) is 24.3 Å². The Bertz CT molecular complexity index is 945. The number of carbonyl (C=O) groups excluding carboxylic acids is 1. The number of anilines is 1. The van der Waals surface area contributed by atoms with Crippen LogP contribution in [0.5, 0.6) is 5.75 Å². The highest BCUT2D eigenvalue weighted by Crippen LogP contribution is 2.34. The summed E-state index contributed by atoms with van der Waals surface area (Å²) in [6, 6.07) is 11.5. The summed E-state index contributed by atoms with van der Waals surface area (Å²) in [7, 11) is 0. The number of fused-ring (bicyclic) bond motifs is 1. The molecule has 27 heavy (non-hydrogen) atoms. The van der Waals surface area contributed by atoms with Crippen molar-refractivity contribution in [2.75, 3.05) is 11.9 Å². The van der Waals surface area contributed by atoms with Crippen molar-refractivity contribution in [2.45, 2.75) is 19.0 Å². The molecule has 0 unspecified atom stereocenters. The van der Waals surface area contributed by atoms with Gasteiger partial charge in [0, 0.05) is 17.7 Å². The van der Waals surface area contributed by atoms with Gasteiger partial charge in [-0.25, -0.2) is 18.9 Å². The van der Waals surface area contributed by atoms with E-state index >= 15 is 0 Å². The fourth-order valence-electron chi connectivity index (χ4n) is 3.12. The number of halogens is 1. The van der Waals surface area contributed by atoms with E-state index in [-0.39, 0.29) is 17.8 Å². The first-order valence-corrected chi connectivity index (χ1v) is 8.60. The molecule has 3 aromatic rings. The van der Waals surface area contributed by atoms with Crippen molar-refractivity contribution in [2.24, 2.45) is 0 Å². The summed E-state index contributed by atoms with van der Waals surface area (Å²) in [5.41, 5.74) is 2.22. The minimum atomic E-state index is -0.419. The summed E-state index contributed by atoms with van der Waals surface area (Å²) >= 11 is 0. The third kappa shape index (κ3) is 3.74. The Hall–Kier alpha value is -3.42. The molecule has 0 aliphatic carbocycles. The minimum absolute atomic E-state index is 0.209. The molecule has 2 heterocycles. The molecular formula is C19H18FN5O2. The second-order valence-electron chi connectivity index (χ2n) is 6.20. The first kappa shape index (κ1) is 17.0. The van der Waals surface area contributed by atoms with Gasteiger partial charge in [0.05, 0.1) is 19.2 Å². The van der Waals surface area contributed by atoms with E-state index in [1.165, 1.54) is 12.4 Å². The molecule has 1 aliphatic rings. The number of aromatic nitrogens is 3. The standard InChI is InChI=1S/C19H18FN5O2/c20-15-6-3-5-14-17(8-9-27-18(14)15)24-19(26)23-16-7-2-1-4-13(16)10-25-12-21-11-22-25/h1-7,11-12,17H,8-10H2,(H2,23,24,26)/t17-/m0/s1. The predicted molar refractivity (Wildman–Crippen MR) is 97.0 cm³/mol.